The number of nitrogens with zero attached hydrogens (tertiary/aromatic N) is 1. The number of carbonyl (C=O) groups excluding carboxylic acids is 3. The molecule has 1 aliphatic heterocycles. The van der Waals surface area contributed by atoms with Crippen LogP contribution in [0.4, 0.5) is 5.69 Å². The fourth-order valence-electron chi connectivity index (χ4n) is 3.47. The molecule has 31 heavy (non-hydrogen) atoms. The second-order valence-corrected chi connectivity index (χ2v) is 7.68. The summed E-state index contributed by atoms with van der Waals surface area (Å²) >= 11 is 0. The molecule has 0 radical (unpaired) electrons. The molecule has 1 heterocycles. The number of rotatable bonds is 8. The van der Waals surface area contributed by atoms with Crippen molar-refractivity contribution in [3.05, 3.63) is 53.1 Å². The number of aryl methyl sites for hydroxylation is 2. The predicted molar refractivity (Wildman–Crippen MR) is 118 cm³/mol. The molecule has 7 nitrogen and oxygen atoms in total. The average Bonchev–Trinajstić information content (AvgIpc) is 2.75. The van der Waals surface area contributed by atoms with Gasteiger partial charge in [0.2, 0.25) is 5.91 Å². The van der Waals surface area contributed by atoms with Crippen molar-refractivity contribution in [2.45, 2.75) is 40.2 Å². The molecule has 0 spiro atoms. The summed E-state index contributed by atoms with van der Waals surface area (Å²) in [5.74, 6) is 0.296. The normalized spacial score (nSPS) is 13.8. The first-order valence-corrected chi connectivity index (χ1v) is 10.4. The highest BCUT2D eigenvalue weighted by Gasteiger charge is 2.33. The Kier molecular flexibility index (Phi) is 6.95. The lowest BCUT2D eigenvalue weighted by Gasteiger charge is -2.33. The van der Waals surface area contributed by atoms with Crippen LogP contribution in [0.2, 0.25) is 0 Å². The topological polar surface area (TPSA) is 84.9 Å². The average molecular weight is 424 g/mol. The Morgan fingerprint density at radius 3 is 2.68 bits per heavy atom. The smallest absolute Gasteiger partial charge is 0.265 e. The molecule has 1 N–H and O–H groups in total. The van der Waals surface area contributed by atoms with Crippen LogP contribution in [-0.4, -0.2) is 43.4 Å². The molecular formula is C24H28N2O5. The fraction of sp³-hybridized carbons (Fsp3) is 0.375. The van der Waals surface area contributed by atoms with Gasteiger partial charge in [-0.1, -0.05) is 24.6 Å². The van der Waals surface area contributed by atoms with E-state index in [-0.39, 0.29) is 30.8 Å². The van der Waals surface area contributed by atoms with Gasteiger partial charge in [0.15, 0.2) is 19.0 Å². The largest absolute Gasteiger partial charge is 0.485 e. The van der Waals surface area contributed by atoms with E-state index in [1.807, 2.05) is 39.0 Å². The van der Waals surface area contributed by atoms with E-state index in [1.165, 1.54) is 4.90 Å². The molecule has 2 aromatic rings. The van der Waals surface area contributed by atoms with Crippen molar-refractivity contribution in [3.8, 4) is 11.5 Å². The van der Waals surface area contributed by atoms with Crippen molar-refractivity contribution < 1.29 is 23.9 Å². The Labute approximate surface area is 182 Å². The lowest BCUT2D eigenvalue weighted by atomic mass is 10.1. The van der Waals surface area contributed by atoms with Gasteiger partial charge in [-0.15, -0.1) is 0 Å². The Bertz CT molecular complexity index is 1000. The highest BCUT2D eigenvalue weighted by molar-refractivity contribution is 6.05. The molecule has 164 valence electrons. The van der Waals surface area contributed by atoms with Gasteiger partial charge in [0.05, 0.1) is 5.69 Å². The van der Waals surface area contributed by atoms with Crippen molar-refractivity contribution in [2.75, 3.05) is 24.7 Å². The van der Waals surface area contributed by atoms with Crippen molar-refractivity contribution in [1.82, 2.24) is 5.32 Å². The van der Waals surface area contributed by atoms with Gasteiger partial charge in [-0.25, -0.2) is 0 Å². The quantitative estimate of drug-likeness (QED) is 0.658. The molecule has 0 bridgehead atoms. The van der Waals surface area contributed by atoms with Crippen molar-refractivity contribution in [3.63, 3.8) is 0 Å². The van der Waals surface area contributed by atoms with Crippen molar-refractivity contribution in [2.24, 2.45) is 0 Å². The number of amides is 2. The van der Waals surface area contributed by atoms with E-state index in [4.69, 9.17) is 9.47 Å². The van der Waals surface area contributed by atoms with E-state index < -0.39 is 6.04 Å². The monoisotopic (exact) mass is 424 g/mol. The number of hydrogen-bond acceptors (Lipinski definition) is 5. The first-order chi connectivity index (χ1) is 14.8. The van der Waals surface area contributed by atoms with Crippen molar-refractivity contribution in [1.29, 1.82) is 0 Å². The zero-order chi connectivity index (χ0) is 22.5. The number of ether oxygens (including phenoxy) is 2. The lowest BCUT2D eigenvalue weighted by molar-refractivity contribution is -0.127. The van der Waals surface area contributed by atoms with Gasteiger partial charge in [-0.05, 0) is 57.0 Å². The van der Waals surface area contributed by atoms with Gasteiger partial charge in [-0.3, -0.25) is 19.3 Å². The van der Waals surface area contributed by atoms with Gasteiger partial charge in [0.25, 0.3) is 5.91 Å². The zero-order valence-corrected chi connectivity index (χ0v) is 18.4. The molecule has 0 aliphatic carbocycles. The minimum Gasteiger partial charge on any atom is -0.485 e. The van der Waals surface area contributed by atoms with E-state index in [0.29, 0.717) is 29.3 Å². The van der Waals surface area contributed by atoms with Crippen LogP contribution in [0.5, 0.6) is 11.5 Å². The van der Waals surface area contributed by atoms with E-state index in [1.54, 1.807) is 25.1 Å². The molecule has 0 saturated carbocycles. The third-order valence-electron chi connectivity index (χ3n) is 5.17. The molecule has 7 heteroatoms. The second-order valence-electron chi connectivity index (χ2n) is 7.68. The van der Waals surface area contributed by atoms with Gasteiger partial charge < -0.3 is 14.8 Å². The van der Waals surface area contributed by atoms with Crippen LogP contribution >= 0.6 is 0 Å². The molecule has 0 fully saturated rings. The van der Waals surface area contributed by atoms with E-state index in [9.17, 15) is 14.4 Å². The lowest BCUT2D eigenvalue weighted by Crippen LogP contribution is -2.51. The van der Waals surface area contributed by atoms with Crippen LogP contribution in [0.15, 0.2) is 36.4 Å². The summed E-state index contributed by atoms with van der Waals surface area (Å²) in [4.78, 5) is 39.2. The summed E-state index contributed by atoms with van der Waals surface area (Å²) in [6.45, 7) is 7.79. The number of nitrogens with one attached hydrogen (secondary N) is 1. The maximum absolute atomic E-state index is 12.8. The Morgan fingerprint density at radius 2 is 1.97 bits per heavy atom. The molecule has 3 rings (SSSR count). The van der Waals surface area contributed by atoms with Crippen LogP contribution < -0.4 is 19.7 Å². The zero-order valence-electron chi connectivity index (χ0n) is 18.4. The SMILES string of the molecule is CCCNC(=O)C(C)N1C(=O)COc2ccc(C(=O)COc3ccc(C)cc3C)cc21. The maximum atomic E-state index is 12.8. The van der Waals surface area contributed by atoms with Gasteiger partial charge in [0, 0.05) is 12.1 Å². The third kappa shape index (κ3) is 5.05. The van der Waals surface area contributed by atoms with Crippen LogP contribution in [0.25, 0.3) is 0 Å². The van der Waals surface area contributed by atoms with E-state index >= 15 is 0 Å². The molecule has 2 aromatic carbocycles. The summed E-state index contributed by atoms with van der Waals surface area (Å²) in [7, 11) is 0. The van der Waals surface area contributed by atoms with Crippen LogP contribution in [-0.2, 0) is 9.59 Å². The van der Waals surface area contributed by atoms with E-state index in [2.05, 4.69) is 5.32 Å². The highest BCUT2D eigenvalue weighted by atomic mass is 16.5. The number of hydrogen-bond donors (Lipinski definition) is 1. The summed E-state index contributed by atoms with van der Waals surface area (Å²) < 4.78 is 11.2. The highest BCUT2D eigenvalue weighted by Crippen LogP contribution is 2.34. The molecule has 0 saturated heterocycles. The van der Waals surface area contributed by atoms with Crippen LogP contribution in [0.3, 0.4) is 0 Å². The predicted octanol–water partition coefficient (Wildman–Crippen LogP) is 3.21. The Balaban J connectivity index is 1.80. The minimum absolute atomic E-state index is 0.135. The first-order valence-electron chi connectivity index (χ1n) is 10.4. The summed E-state index contributed by atoms with van der Waals surface area (Å²) in [6, 6.07) is 9.91. The first kappa shape index (κ1) is 22.3. The number of benzene rings is 2. The number of carbonyl (C=O) groups is 3. The summed E-state index contributed by atoms with van der Waals surface area (Å²) in [6.07, 6.45) is 0.797. The number of anilines is 1. The van der Waals surface area contributed by atoms with Crippen LogP contribution in [0.1, 0.15) is 41.8 Å². The van der Waals surface area contributed by atoms with E-state index in [0.717, 1.165) is 17.5 Å². The van der Waals surface area contributed by atoms with Gasteiger partial charge >= 0.3 is 0 Å². The molecule has 1 atom stereocenters. The van der Waals surface area contributed by atoms with Gasteiger partial charge in [0.1, 0.15) is 17.5 Å². The minimum atomic E-state index is -0.724. The molecular weight excluding hydrogens is 396 g/mol. The molecule has 1 unspecified atom stereocenters. The Morgan fingerprint density at radius 1 is 1.19 bits per heavy atom. The summed E-state index contributed by atoms with van der Waals surface area (Å²) in [5.41, 5.74) is 2.86. The number of fused-ring (bicyclic) bond motifs is 1. The Hall–Kier alpha value is -3.35. The standard InChI is InChI=1S/C24H28N2O5/c1-5-10-25-24(29)17(4)26-19-12-18(7-9-22(19)31-14-23(26)28)20(27)13-30-21-8-6-15(2)11-16(21)3/h6-9,11-12,17H,5,10,13-14H2,1-4H3,(H,25,29). The fourth-order valence-corrected chi connectivity index (χ4v) is 3.47. The van der Waals surface area contributed by atoms with Crippen LogP contribution in [0, 0.1) is 13.8 Å². The molecule has 1 aliphatic rings. The molecule has 0 aromatic heterocycles. The second kappa shape index (κ2) is 9.64. The number of ketones is 1. The maximum Gasteiger partial charge on any atom is 0.265 e. The van der Waals surface area contributed by atoms with Gasteiger partial charge in [-0.2, -0.15) is 0 Å². The third-order valence-corrected chi connectivity index (χ3v) is 5.17. The van der Waals surface area contributed by atoms with Crippen molar-refractivity contribution >= 4 is 23.3 Å². The number of Topliss-reactive ketones (excluding diaryl/α,β-unsaturated/α-hetero) is 1. The summed E-state index contributed by atoms with van der Waals surface area (Å²) in [5, 5.41) is 2.81. The molecule has 2 amide bonds.